The van der Waals surface area contributed by atoms with Gasteiger partial charge >= 0.3 is 0 Å². The van der Waals surface area contributed by atoms with E-state index >= 15 is 0 Å². The SMILES string of the molecule is CNC(Cc1ccc(OC)cc1)c1ccc(C)cc1F. The number of hydrogen-bond acceptors (Lipinski definition) is 2. The minimum Gasteiger partial charge on any atom is -0.497 e. The highest BCUT2D eigenvalue weighted by atomic mass is 19.1. The molecule has 0 amide bonds. The van der Waals surface area contributed by atoms with E-state index in [1.807, 2.05) is 50.4 Å². The van der Waals surface area contributed by atoms with Crippen LogP contribution in [0, 0.1) is 12.7 Å². The van der Waals surface area contributed by atoms with Crippen LogP contribution in [0.15, 0.2) is 42.5 Å². The van der Waals surface area contributed by atoms with Crippen LogP contribution in [0.2, 0.25) is 0 Å². The van der Waals surface area contributed by atoms with Crippen molar-refractivity contribution < 1.29 is 9.13 Å². The maximum Gasteiger partial charge on any atom is 0.128 e. The van der Waals surface area contributed by atoms with E-state index < -0.39 is 0 Å². The van der Waals surface area contributed by atoms with Gasteiger partial charge in [0.2, 0.25) is 0 Å². The fourth-order valence-corrected chi connectivity index (χ4v) is 2.28. The van der Waals surface area contributed by atoms with Gasteiger partial charge in [-0.15, -0.1) is 0 Å². The molecule has 1 N–H and O–H groups in total. The van der Waals surface area contributed by atoms with Gasteiger partial charge in [-0.05, 0) is 49.7 Å². The first-order valence-electron chi connectivity index (χ1n) is 6.70. The Balaban J connectivity index is 2.19. The van der Waals surface area contributed by atoms with Crippen molar-refractivity contribution in [1.82, 2.24) is 5.32 Å². The van der Waals surface area contributed by atoms with Gasteiger partial charge in [0, 0.05) is 11.6 Å². The van der Waals surface area contributed by atoms with Crippen LogP contribution in [0.1, 0.15) is 22.7 Å². The third-order valence-corrected chi connectivity index (χ3v) is 3.48. The monoisotopic (exact) mass is 273 g/mol. The number of ether oxygens (including phenoxy) is 1. The molecule has 0 radical (unpaired) electrons. The van der Waals surface area contributed by atoms with Gasteiger partial charge in [-0.25, -0.2) is 4.39 Å². The third-order valence-electron chi connectivity index (χ3n) is 3.48. The Bertz CT molecular complexity index is 566. The van der Waals surface area contributed by atoms with Crippen molar-refractivity contribution in [1.29, 1.82) is 0 Å². The fourth-order valence-electron chi connectivity index (χ4n) is 2.28. The molecule has 0 aliphatic heterocycles. The van der Waals surface area contributed by atoms with E-state index in [2.05, 4.69) is 5.32 Å². The van der Waals surface area contributed by atoms with Crippen LogP contribution in [0.4, 0.5) is 4.39 Å². The zero-order valence-electron chi connectivity index (χ0n) is 12.1. The first-order valence-corrected chi connectivity index (χ1v) is 6.70. The van der Waals surface area contributed by atoms with Gasteiger partial charge in [-0.3, -0.25) is 0 Å². The summed E-state index contributed by atoms with van der Waals surface area (Å²) in [5.41, 5.74) is 2.78. The Morgan fingerprint density at radius 1 is 1.15 bits per heavy atom. The van der Waals surface area contributed by atoms with Crippen LogP contribution in [0.5, 0.6) is 5.75 Å². The Labute approximate surface area is 119 Å². The van der Waals surface area contributed by atoms with E-state index in [0.29, 0.717) is 5.56 Å². The Kier molecular flexibility index (Phi) is 4.74. The third kappa shape index (κ3) is 3.36. The molecule has 3 heteroatoms. The first kappa shape index (κ1) is 14.5. The van der Waals surface area contributed by atoms with Crippen molar-refractivity contribution in [3.8, 4) is 5.75 Å². The highest BCUT2D eigenvalue weighted by molar-refractivity contribution is 5.31. The minimum atomic E-state index is -0.155. The van der Waals surface area contributed by atoms with Crippen molar-refractivity contribution in [2.24, 2.45) is 0 Å². The van der Waals surface area contributed by atoms with Crippen molar-refractivity contribution in [2.75, 3.05) is 14.2 Å². The summed E-state index contributed by atoms with van der Waals surface area (Å²) in [6, 6.07) is 13.2. The van der Waals surface area contributed by atoms with Crippen LogP contribution in [-0.2, 0) is 6.42 Å². The zero-order valence-corrected chi connectivity index (χ0v) is 12.1. The highest BCUT2D eigenvalue weighted by Gasteiger charge is 2.14. The number of rotatable bonds is 5. The molecule has 1 atom stereocenters. The van der Waals surface area contributed by atoms with Crippen LogP contribution in [0.25, 0.3) is 0 Å². The summed E-state index contributed by atoms with van der Waals surface area (Å²) in [6.45, 7) is 1.89. The normalized spacial score (nSPS) is 12.2. The number of benzene rings is 2. The quantitative estimate of drug-likeness (QED) is 0.898. The number of aryl methyl sites for hydroxylation is 1. The molecule has 1 unspecified atom stereocenters. The smallest absolute Gasteiger partial charge is 0.128 e. The van der Waals surface area contributed by atoms with E-state index in [9.17, 15) is 4.39 Å². The molecule has 0 spiro atoms. The summed E-state index contributed by atoms with van der Waals surface area (Å²) in [5, 5.41) is 3.18. The van der Waals surface area contributed by atoms with Crippen molar-refractivity contribution >= 4 is 0 Å². The zero-order chi connectivity index (χ0) is 14.5. The molecule has 20 heavy (non-hydrogen) atoms. The molecule has 0 aliphatic rings. The molecular formula is C17H20FNO. The molecule has 2 nitrogen and oxygen atoms in total. The predicted molar refractivity (Wildman–Crippen MR) is 79.6 cm³/mol. The van der Waals surface area contributed by atoms with Crippen LogP contribution >= 0.6 is 0 Å². The van der Waals surface area contributed by atoms with E-state index in [0.717, 1.165) is 23.3 Å². The number of nitrogens with one attached hydrogen (secondary N) is 1. The van der Waals surface area contributed by atoms with Crippen LogP contribution < -0.4 is 10.1 Å². The fraction of sp³-hybridized carbons (Fsp3) is 0.294. The lowest BCUT2D eigenvalue weighted by Gasteiger charge is -2.18. The second-order valence-corrected chi connectivity index (χ2v) is 4.92. The highest BCUT2D eigenvalue weighted by Crippen LogP contribution is 2.23. The maximum absolute atomic E-state index is 14.0. The molecule has 2 aromatic carbocycles. The lowest BCUT2D eigenvalue weighted by Crippen LogP contribution is -2.20. The van der Waals surface area contributed by atoms with Crippen LogP contribution in [0.3, 0.4) is 0 Å². The summed E-state index contributed by atoms with van der Waals surface area (Å²) in [7, 11) is 3.50. The second-order valence-electron chi connectivity index (χ2n) is 4.92. The van der Waals surface area contributed by atoms with E-state index in [4.69, 9.17) is 4.74 Å². The van der Waals surface area contributed by atoms with Crippen molar-refractivity contribution in [2.45, 2.75) is 19.4 Å². The molecule has 2 aromatic rings. The Morgan fingerprint density at radius 3 is 2.40 bits per heavy atom. The molecule has 0 saturated heterocycles. The molecule has 0 aromatic heterocycles. The van der Waals surface area contributed by atoms with Gasteiger partial charge < -0.3 is 10.1 Å². The largest absolute Gasteiger partial charge is 0.497 e. The van der Waals surface area contributed by atoms with Gasteiger partial charge in [0.15, 0.2) is 0 Å². The minimum absolute atomic E-state index is 0.0380. The molecule has 0 heterocycles. The Morgan fingerprint density at radius 2 is 1.85 bits per heavy atom. The van der Waals surface area contributed by atoms with E-state index in [1.54, 1.807) is 13.2 Å². The molecule has 0 aliphatic carbocycles. The van der Waals surface area contributed by atoms with Gasteiger partial charge in [0.1, 0.15) is 11.6 Å². The molecule has 0 saturated carbocycles. The van der Waals surface area contributed by atoms with E-state index in [-0.39, 0.29) is 11.9 Å². The molecule has 0 fully saturated rings. The average molecular weight is 273 g/mol. The standard InChI is InChI=1S/C17H20FNO/c1-12-4-9-15(16(18)10-12)17(19-2)11-13-5-7-14(20-3)8-6-13/h4-10,17,19H,11H2,1-3H3. The molecule has 106 valence electrons. The number of halogens is 1. The van der Waals surface area contributed by atoms with Crippen LogP contribution in [-0.4, -0.2) is 14.2 Å². The van der Waals surface area contributed by atoms with Gasteiger partial charge in [0.25, 0.3) is 0 Å². The Hall–Kier alpha value is -1.87. The predicted octanol–water partition coefficient (Wildman–Crippen LogP) is 3.65. The molecule has 2 rings (SSSR count). The lowest BCUT2D eigenvalue weighted by atomic mass is 9.97. The summed E-state index contributed by atoms with van der Waals surface area (Å²) >= 11 is 0. The summed E-state index contributed by atoms with van der Waals surface area (Å²) in [4.78, 5) is 0. The van der Waals surface area contributed by atoms with Gasteiger partial charge in [-0.2, -0.15) is 0 Å². The van der Waals surface area contributed by atoms with Crippen molar-refractivity contribution in [3.05, 3.63) is 65.0 Å². The summed E-state index contributed by atoms with van der Waals surface area (Å²) in [6.07, 6.45) is 0.737. The molecular weight excluding hydrogens is 253 g/mol. The number of hydrogen-bond donors (Lipinski definition) is 1. The van der Waals surface area contributed by atoms with Gasteiger partial charge in [0.05, 0.1) is 7.11 Å². The lowest BCUT2D eigenvalue weighted by molar-refractivity contribution is 0.414. The second kappa shape index (κ2) is 6.53. The maximum atomic E-state index is 14.0. The number of likely N-dealkylation sites (N-methyl/N-ethyl adjacent to an activating group) is 1. The topological polar surface area (TPSA) is 21.3 Å². The first-order chi connectivity index (χ1) is 9.63. The molecule has 0 bridgehead atoms. The average Bonchev–Trinajstić information content (AvgIpc) is 2.46. The number of methoxy groups -OCH3 is 1. The summed E-state index contributed by atoms with van der Waals surface area (Å²) in [5.74, 6) is 0.675. The summed E-state index contributed by atoms with van der Waals surface area (Å²) < 4.78 is 19.2. The van der Waals surface area contributed by atoms with Gasteiger partial charge in [-0.1, -0.05) is 24.3 Å². The van der Waals surface area contributed by atoms with E-state index in [1.165, 1.54) is 0 Å². The van der Waals surface area contributed by atoms with Crippen molar-refractivity contribution in [3.63, 3.8) is 0 Å².